The fourth-order valence-electron chi connectivity index (χ4n) is 2.17. The summed E-state index contributed by atoms with van der Waals surface area (Å²) in [6, 6.07) is 14.0. The lowest BCUT2D eigenvalue weighted by Gasteiger charge is -2.23. The molecule has 0 fully saturated rings. The minimum atomic E-state index is -0.317. The first-order valence-corrected chi connectivity index (χ1v) is 7.38. The second-order valence-electron chi connectivity index (χ2n) is 5.95. The molecule has 2 aromatic rings. The Morgan fingerprint density at radius 3 is 2.58 bits per heavy atom. The van der Waals surface area contributed by atoms with Gasteiger partial charge in [0.05, 0.1) is 13.7 Å². The summed E-state index contributed by atoms with van der Waals surface area (Å²) in [5, 5.41) is 3.03. The number of hydrogen-bond donors (Lipinski definition) is 2. The smallest absolute Gasteiger partial charge is 0.193 e. The van der Waals surface area contributed by atoms with Crippen molar-refractivity contribution in [2.75, 3.05) is 19.0 Å². The van der Waals surface area contributed by atoms with Gasteiger partial charge >= 0.3 is 0 Å². The van der Waals surface area contributed by atoms with Gasteiger partial charge in [-0.2, -0.15) is 0 Å². The van der Waals surface area contributed by atoms with Crippen molar-refractivity contribution < 1.29 is 9.13 Å². The predicted molar refractivity (Wildman–Crippen MR) is 108 cm³/mol. The molecule has 0 amide bonds. The highest BCUT2D eigenvalue weighted by Crippen LogP contribution is 2.24. The number of nitrogens with one attached hydrogen (secondary N) is 1. The third kappa shape index (κ3) is 5.67. The van der Waals surface area contributed by atoms with Crippen LogP contribution in [-0.2, 0) is 5.41 Å². The number of methoxy groups -OCH3 is 1. The zero-order chi connectivity index (χ0) is 16.9. The molecule has 24 heavy (non-hydrogen) atoms. The Labute approximate surface area is 159 Å². The fraction of sp³-hybridized carbons (Fsp3) is 0.278. The van der Waals surface area contributed by atoms with E-state index in [1.54, 1.807) is 13.2 Å². The van der Waals surface area contributed by atoms with Crippen LogP contribution >= 0.6 is 24.0 Å². The van der Waals surface area contributed by atoms with Crippen LogP contribution in [0.15, 0.2) is 53.5 Å². The molecule has 0 aromatic heterocycles. The molecule has 0 aliphatic rings. The van der Waals surface area contributed by atoms with Crippen LogP contribution in [0.4, 0.5) is 10.1 Å². The topological polar surface area (TPSA) is 59.6 Å². The van der Waals surface area contributed by atoms with Gasteiger partial charge in [0.2, 0.25) is 0 Å². The molecule has 0 aliphatic carbocycles. The molecule has 0 heterocycles. The maximum atomic E-state index is 13.4. The van der Waals surface area contributed by atoms with Crippen molar-refractivity contribution >= 4 is 35.6 Å². The van der Waals surface area contributed by atoms with E-state index >= 15 is 0 Å². The third-order valence-electron chi connectivity index (χ3n) is 3.59. The van der Waals surface area contributed by atoms with Gasteiger partial charge in [0, 0.05) is 17.2 Å². The molecule has 0 bridgehead atoms. The summed E-state index contributed by atoms with van der Waals surface area (Å²) in [5.41, 5.74) is 7.30. The molecule has 0 saturated heterocycles. The number of nitrogens with two attached hydrogens (primary N) is 1. The summed E-state index contributed by atoms with van der Waals surface area (Å²) in [6.07, 6.45) is 0. The molecule has 0 atom stereocenters. The number of halogens is 2. The first-order valence-electron chi connectivity index (χ1n) is 7.38. The van der Waals surface area contributed by atoms with Gasteiger partial charge in [-0.15, -0.1) is 24.0 Å². The highest BCUT2D eigenvalue weighted by Gasteiger charge is 2.20. The maximum Gasteiger partial charge on any atom is 0.193 e. The van der Waals surface area contributed by atoms with E-state index < -0.39 is 0 Å². The lowest BCUT2D eigenvalue weighted by molar-refractivity contribution is 0.415. The van der Waals surface area contributed by atoms with Crippen molar-refractivity contribution in [3.05, 3.63) is 59.9 Å². The maximum absolute atomic E-state index is 13.4. The zero-order valence-corrected chi connectivity index (χ0v) is 16.4. The molecule has 130 valence electrons. The normalized spacial score (nSPS) is 11.6. The van der Waals surface area contributed by atoms with Gasteiger partial charge < -0.3 is 15.8 Å². The second kappa shape index (κ2) is 8.86. The van der Waals surface area contributed by atoms with Crippen molar-refractivity contribution in [3.8, 4) is 5.75 Å². The van der Waals surface area contributed by atoms with Crippen molar-refractivity contribution in [1.29, 1.82) is 0 Å². The van der Waals surface area contributed by atoms with E-state index in [1.165, 1.54) is 12.1 Å². The molecule has 0 spiro atoms. The van der Waals surface area contributed by atoms with Crippen LogP contribution in [0.25, 0.3) is 0 Å². The number of ether oxygens (including phenoxy) is 1. The molecular weight excluding hydrogens is 420 g/mol. The number of guanidine groups is 1. The van der Waals surface area contributed by atoms with E-state index in [1.807, 2.05) is 44.2 Å². The van der Waals surface area contributed by atoms with Gasteiger partial charge in [-0.1, -0.05) is 32.0 Å². The van der Waals surface area contributed by atoms with Gasteiger partial charge in [0.15, 0.2) is 5.96 Å². The highest BCUT2D eigenvalue weighted by atomic mass is 127. The van der Waals surface area contributed by atoms with Crippen LogP contribution in [0.1, 0.15) is 19.4 Å². The standard InChI is InChI=1S/C18H22FN3O.HI/c1-18(2,13-6-4-7-14(19)10-13)12-21-17(20)22-15-8-5-9-16(11-15)23-3;/h4-11H,12H2,1-3H3,(H3,20,21,22);1H. The van der Waals surface area contributed by atoms with Crippen molar-refractivity contribution in [2.45, 2.75) is 19.3 Å². The van der Waals surface area contributed by atoms with Gasteiger partial charge in [0.25, 0.3) is 0 Å². The summed E-state index contributed by atoms with van der Waals surface area (Å²) in [6.45, 7) is 4.45. The average molecular weight is 443 g/mol. The first kappa shape index (κ1) is 20.2. The number of benzene rings is 2. The van der Waals surface area contributed by atoms with Gasteiger partial charge in [-0.25, -0.2) is 4.39 Å². The third-order valence-corrected chi connectivity index (χ3v) is 3.59. The van der Waals surface area contributed by atoms with Gasteiger partial charge in [0.1, 0.15) is 11.6 Å². The van der Waals surface area contributed by atoms with Gasteiger partial charge in [-0.3, -0.25) is 4.99 Å². The lowest BCUT2D eigenvalue weighted by atomic mass is 9.85. The molecule has 0 saturated carbocycles. The highest BCUT2D eigenvalue weighted by molar-refractivity contribution is 14.0. The quantitative estimate of drug-likeness (QED) is 0.415. The average Bonchev–Trinajstić information content (AvgIpc) is 2.53. The SMILES string of the molecule is COc1cccc(NC(N)=NCC(C)(C)c2cccc(F)c2)c1.I. The minimum Gasteiger partial charge on any atom is -0.497 e. The molecule has 3 N–H and O–H groups in total. The van der Waals surface area contributed by atoms with Crippen LogP contribution in [0, 0.1) is 5.82 Å². The number of aliphatic imine (C=N–C) groups is 1. The first-order chi connectivity index (χ1) is 10.9. The molecule has 0 unspecified atom stereocenters. The molecule has 2 aromatic carbocycles. The monoisotopic (exact) mass is 443 g/mol. The Morgan fingerprint density at radius 2 is 1.92 bits per heavy atom. The van der Waals surface area contributed by atoms with Crippen LogP contribution in [0.3, 0.4) is 0 Å². The van der Waals surface area contributed by atoms with Crippen molar-refractivity contribution in [2.24, 2.45) is 10.7 Å². The second-order valence-corrected chi connectivity index (χ2v) is 5.95. The summed E-state index contributed by atoms with van der Waals surface area (Å²) >= 11 is 0. The molecule has 2 rings (SSSR count). The Hall–Kier alpha value is -1.83. The number of hydrogen-bond acceptors (Lipinski definition) is 2. The van der Waals surface area contributed by atoms with E-state index in [9.17, 15) is 4.39 Å². The van der Waals surface area contributed by atoms with E-state index in [-0.39, 0.29) is 35.2 Å². The zero-order valence-electron chi connectivity index (χ0n) is 14.0. The van der Waals surface area contributed by atoms with E-state index in [0.29, 0.717) is 12.5 Å². The fourth-order valence-corrected chi connectivity index (χ4v) is 2.17. The summed E-state index contributed by atoms with van der Waals surface area (Å²) < 4.78 is 18.5. The minimum absolute atomic E-state index is 0. The molecule has 0 aliphatic heterocycles. The molecular formula is C18H23FIN3O. The van der Waals surface area contributed by atoms with Crippen molar-refractivity contribution in [1.82, 2.24) is 0 Å². The van der Waals surface area contributed by atoms with E-state index in [4.69, 9.17) is 10.5 Å². The van der Waals surface area contributed by atoms with Crippen LogP contribution in [-0.4, -0.2) is 19.6 Å². The number of rotatable bonds is 5. The number of nitrogens with zero attached hydrogens (tertiary/aromatic N) is 1. The predicted octanol–water partition coefficient (Wildman–Crippen LogP) is 4.16. The Balaban J connectivity index is 0.00000288. The summed E-state index contributed by atoms with van der Waals surface area (Å²) in [4.78, 5) is 4.37. The van der Waals surface area contributed by atoms with E-state index in [2.05, 4.69) is 10.3 Å². The Kier molecular flexibility index (Phi) is 7.47. The largest absolute Gasteiger partial charge is 0.497 e. The van der Waals surface area contributed by atoms with Crippen LogP contribution in [0.5, 0.6) is 5.75 Å². The summed E-state index contributed by atoms with van der Waals surface area (Å²) in [7, 11) is 1.61. The Morgan fingerprint density at radius 1 is 1.21 bits per heavy atom. The lowest BCUT2D eigenvalue weighted by Crippen LogP contribution is -2.27. The van der Waals surface area contributed by atoms with Crippen LogP contribution in [0.2, 0.25) is 0 Å². The molecule has 6 heteroatoms. The number of anilines is 1. The van der Waals surface area contributed by atoms with Crippen molar-refractivity contribution in [3.63, 3.8) is 0 Å². The van der Waals surface area contributed by atoms with Crippen LogP contribution < -0.4 is 15.8 Å². The molecule has 0 radical (unpaired) electrons. The van der Waals surface area contributed by atoms with E-state index in [0.717, 1.165) is 17.0 Å². The molecule has 4 nitrogen and oxygen atoms in total. The van der Waals surface area contributed by atoms with Gasteiger partial charge in [-0.05, 0) is 29.8 Å². The Bertz CT molecular complexity index is 704. The summed E-state index contributed by atoms with van der Waals surface area (Å²) in [5.74, 6) is 0.799.